The van der Waals surface area contributed by atoms with Crippen LogP contribution in [-0.4, -0.2) is 20.0 Å². The Morgan fingerprint density at radius 2 is 2.09 bits per heavy atom. The first-order valence-electron chi connectivity index (χ1n) is 6.70. The smallest absolute Gasteiger partial charge is 0.285 e. The third-order valence-corrected chi connectivity index (χ3v) is 3.59. The SMILES string of the molecule is Cn1cc(CNc2cn[nH]c(=O)c2Cl)c(-c2ccccc2)n1. The van der Waals surface area contributed by atoms with Crippen LogP contribution in [0.5, 0.6) is 0 Å². The maximum Gasteiger partial charge on any atom is 0.285 e. The van der Waals surface area contributed by atoms with Crippen molar-refractivity contribution in [3.8, 4) is 11.3 Å². The Hall–Kier alpha value is -2.60. The number of benzene rings is 1. The zero-order valence-corrected chi connectivity index (χ0v) is 12.6. The lowest BCUT2D eigenvalue weighted by molar-refractivity contribution is 0.770. The van der Waals surface area contributed by atoms with Gasteiger partial charge in [-0.3, -0.25) is 9.48 Å². The summed E-state index contributed by atoms with van der Waals surface area (Å²) in [5.74, 6) is 0. The van der Waals surface area contributed by atoms with Crippen LogP contribution in [0.1, 0.15) is 5.56 Å². The van der Waals surface area contributed by atoms with E-state index in [0.717, 1.165) is 16.8 Å². The summed E-state index contributed by atoms with van der Waals surface area (Å²) in [6, 6.07) is 9.92. The molecule has 2 N–H and O–H groups in total. The van der Waals surface area contributed by atoms with Crippen molar-refractivity contribution in [2.24, 2.45) is 7.05 Å². The summed E-state index contributed by atoms with van der Waals surface area (Å²) >= 11 is 5.95. The molecule has 7 heteroatoms. The average Bonchev–Trinajstić information content (AvgIpc) is 2.91. The highest BCUT2D eigenvalue weighted by atomic mass is 35.5. The van der Waals surface area contributed by atoms with Gasteiger partial charge in [0, 0.05) is 30.9 Å². The van der Waals surface area contributed by atoms with Crippen LogP contribution in [0, 0.1) is 0 Å². The van der Waals surface area contributed by atoms with Crippen LogP contribution < -0.4 is 10.9 Å². The Labute approximate surface area is 131 Å². The molecule has 0 bridgehead atoms. The number of hydrogen-bond acceptors (Lipinski definition) is 4. The van der Waals surface area contributed by atoms with Gasteiger partial charge in [0.15, 0.2) is 0 Å². The summed E-state index contributed by atoms with van der Waals surface area (Å²) in [6.07, 6.45) is 3.42. The molecule has 0 saturated heterocycles. The maximum absolute atomic E-state index is 11.4. The fourth-order valence-corrected chi connectivity index (χ4v) is 2.36. The van der Waals surface area contributed by atoms with Gasteiger partial charge in [-0.25, -0.2) is 5.10 Å². The van der Waals surface area contributed by atoms with E-state index in [4.69, 9.17) is 11.6 Å². The van der Waals surface area contributed by atoms with Crippen molar-refractivity contribution in [3.05, 3.63) is 63.7 Å². The molecule has 0 unspecified atom stereocenters. The zero-order valence-electron chi connectivity index (χ0n) is 11.9. The fraction of sp³-hybridized carbons (Fsp3) is 0.133. The Morgan fingerprint density at radius 1 is 1.32 bits per heavy atom. The van der Waals surface area contributed by atoms with Gasteiger partial charge in [-0.05, 0) is 0 Å². The summed E-state index contributed by atoms with van der Waals surface area (Å²) in [5.41, 5.74) is 3.01. The van der Waals surface area contributed by atoms with Crippen LogP contribution in [-0.2, 0) is 13.6 Å². The van der Waals surface area contributed by atoms with E-state index in [2.05, 4.69) is 20.6 Å². The number of nitrogens with one attached hydrogen (secondary N) is 2. The van der Waals surface area contributed by atoms with Gasteiger partial charge in [-0.1, -0.05) is 41.9 Å². The van der Waals surface area contributed by atoms with Crippen molar-refractivity contribution in [2.45, 2.75) is 6.54 Å². The highest BCUT2D eigenvalue weighted by Gasteiger charge is 2.11. The molecule has 112 valence electrons. The van der Waals surface area contributed by atoms with E-state index >= 15 is 0 Å². The number of aromatic amines is 1. The lowest BCUT2D eigenvalue weighted by Crippen LogP contribution is -2.11. The van der Waals surface area contributed by atoms with Crippen molar-refractivity contribution >= 4 is 17.3 Å². The molecule has 0 aliphatic carbocycles. The van der Waals surface area contributed by atoms with Gasteiger partial charge in [-0.15, -0.1) is 0 Å². The van der Waals surface area contributed by atoms with Crippen molar-refractivity contribution in [1.82, 2.24) is 20.0 Å². The first kappa shape index (κ1) is 14.3. The predicted molar refractivity (Wildman–Crippen MR) is 85.8 cm³/mol. The Balaban J connectivity index is 1.87. The van der Waals surface area contributed by atoms with Gasteiger partial charge in [0.05, 0.1) is 17.6 Å². The minimum Gasteiger partial charge on any atom is -0.378 e. The number of halogens is 1. The van der Waals surface area contributed by atoms with Gasteiger partial charge < -0.3 is 5.32 Å². The maximum atomic E-state index is 11.4. The second-order valence-electron chi connectivity index (χ2n) is 4.82. The normalized spacial score (nSPS) is 10.6. The average molecular weight is 316 g/mol. The van der Waals surface area contributed by atoms with Gasteiger partial charge in [-0.2, -0.15) is 10.2 Å². The first-order valence-corrected chi connectivity index (χ1v) is 7.08. The molecular formula is C15H14ClN5O. The van der Waals surface area contributed by atoms with E-state index in [1.54, 1.807) is 4.68 Å². The molecule has 3 aromatic rings. The van der Waals surface area contributed by atoms with Crippen molar-refractivity contribution < 1.29 is 0 Å². The molecule has 0 saturated carbocycles. The van der Waals surface area contributed by atoms with Crippen LogP contribution in [0.15, 0.2) is 47.5 Å². The third kappa shape index (κ3) is 2.87. The van der Waals surface area contributed by atoms with Gasteiger partial charge >= 0.3 is 0 Å². The number of anilines is 1. The van der Waals surface area contributed by atoms with Crippen LogP contribution in [0.3, 0.4) is 0 Å². The lowest BCUT2D eigenvalue weighted by atomic mass is 10.1. The molecule has 22 heavy (non-hydrogen) atoms. The first-order chi connectivity index (χ1) is 10.6. The zero-order chi connectivity index (χ0) is 15.5. The second kappa shape index (κ2) is 6.03. The van der Waals surface area contributed by atoms with Crippen LogP contribution in [0.4, 0.5) is 5.69 Å². The molecule has 0 amide bonds. The molecule has 3 rings (SSSR count). The molecule has 2 aromatic heterocycles. The molecule has 0 aliphatic heterocycles. The lowest BCUT2D eigenvalue weighted by Gasteiger charge is -2.07. The van der Waals surface area contributed by atoms with Gasteiger partial charge in [0.25, 0.3) is 5.56 Å². The molecule has 2 heterocycles. The molecule has 6 nitrogen and oxygen atoms in total. The Kier molecular flexibility index (Phi) is 3.93. The number of H-pyrrole nitrogens is 1. The number of nitrogens with zero attached hydrogens (tertiary/aromatic N) is 3. The third-order valence-electron chi connectivity index (χ3n) is 3.22. The highest BCUT2D eigenvalue weighted by molar-refractivity contribution is 6.32. The monoisotopic (exact) mass is 315 g/mol. The standard InChI is InChI=1S/C15H14ClN5O/c1-21-9-11(14(20-21)10-5-3-2-4-6-10)7-17-12-8-18-19-15(22)13(12)16/h2-6,8-9H,7H2,1H3,(H2,17,19,22). The topological polar surface area (TPSA) is 75.6 Å². The van der Waals surface area contributed by atoms with E-state index < -0.39 is 5.56 Å². The van der Waals surface area contributed by atoms with E-state index in [1.807, 2.05) is 43.6 Å². The number of aryl methyl sites for hydroxylation is 1. The van der Waals surface area contributed by atoms with Crippen molar-refractivity contribution in [3.63, 3.8) is 0 Å². The van der Waals surface area contributed by atoms with E-state index in [1.165, 1.54) is 6.20 Å². The number of aromatic nitrogens is 4. The van der Waals surface area contributed by atoms with Crippen LogP contribution >= 0.6 is 11.6 Å². The fourth-order valence-electron chi connectivity index (χ4n) is 2.20. The largest absolute Gasteiger partial charge is 0.378 e. The van der Waals surface area contributed by atoms with Crippen molar-refractivity contribution in [2.75, 3.05) is 5.32 Å². The second-order valence-corrected chi connectivity index (χ2v) is 5.20. The summed E-state index contributed by atoms with van der Waals surface area (Å²) in [7, 11) is 1.87. The Bertz CT molecular complexity index is 841. The summed E-state index contributed by atoms with van der Waals surface area (Å²) < 4.78 is 1.76. The highest BCUT2D eigenvalue weighted by Crippen LogP contribution is 2.23. The van der Waals surface area contributed by atoms with Gasteiger partial charge in [0.2, 0.25) is 0 Å². The molecule has 0 aliphatic rings. The number of hydrogen-bond donors (Lipinski definition) is 2. The summed E-state index contributed by atoms with van der Waals surface area (Å²) in [5, 5.41) is 13.7. The quantitative estimate of drug-likeness (QED) is 0.775. The molecule has 0 radical (unpaired) electrons. The summed E-state index contributed by atoms with van der Waals surface area (Å²) in [6.45, 7) is 0.489. The predicted octanol–water partition coefficient (Wildman–Crippen LogP) is 2.44. The van der Waals surface area contributed by atoms with Gasteiger partial charge in [0.1, 0.15) is 5.02 Å². The van der Waals surface area contributed by atoms with Crippen molar-refractivity contribution in [1.29, 1.82) is 0 Å². The van der Waals surface area contributed by atoms with Crippen LogP contribution in [0.25, 0.3) is 11.3 Å². The summed E-state index contributed by atoms with van der Waals surface area (Å²) in [4.78, 5) is 11.4. The van der Waals surface area contributed by atoms with Crippen LogP contribution in [0.2, 0.25) is 5.02 Å². The molecule has 0 atom stereocenters. The molecular weight excluding hydrogens is 302 g/mol. The number of rotatable bonds is 4. The minimum atomic E-state index is -0.416. The van der Waals surface area contributed by atoms with E-state index in [0.29, 0.717) is 12.2 Å². The van der Waals surface area contributed by atoms with E-state index in [-0.39, 0.29) is 5.02 Å². The molecule has 1 aromatic carbocycles. The molecule has 0 spiro atoms. The van der Waals surface area contributed by atoms with E-state index in [9.17, 15) is 4.79 Å². The Morgan fingerprint density at radius 3 is 2.86 bits per heavy atom. The minimum absolute atomic E-state index is 0.0974. The molecule has 0 fully saturated rings.